The minimum atomic E-state index is -0.932. The number of likely N-dealkylation sites (N-methyl/N-ethyl adjacent to an activating group) is 1. The van der Waals surface area contributed by atoms with Crippen molar-refractivity contribution in [2.45, 2.75) is 32.7 Å². The van der Waals surface area contributed by atoms with Crippen LogP contribution >= 0.6 is 0 Å². The molecular weight excluding hydrogens is 242 g/mol. The van der Waals surface area contributed by atoms with E-state index in [1.807, 2.05) is 13.0 Å². The Hall–Kier alpha value is -1.62. The molecule has 0 aromatic carbocycles. The Balaban J connectivity index is 2.13. The summed E-state index contributed by atoms with van der Waals surface area (Å²) in [6, 6.07) is 2.13. The molecule has 0 amide bonds. The van der Waals surface area contributed by atoms with Gasteiger partial charge >= 0.3 is 5.97 Å². The van der Waals surface area contributed by atoms with Gasteiger partial charge in [-0.1, -0.05) is 6.92 Å². The van der Waals surface area contributed by atoms with Gasteiger partial charge in [-0.25, -0.2) is 4.79 Å². The van der Waals surface area contributed by atoms with Gasteiger partial charge in [-0.15, -0.1) is 0 Å². The molecule has 1 fully saturated rings. The molecule has 1 aromatic heterocycles. The van der Waals surface area contributed by atoms with Gasteiger partial charge in [-0.2, -0.15) is 0 Å². The predicted molar refractivity (Wildman–Crippen MR) is 74.7 cm³/mol. The second kappa shape index (κ2) is 6.02. The number of carboxylic acids is 1. The summed E-state index contributed by atoms with van der Waals surface area (Å²) in [5, 5.41) is 12.6. The highest BCUT2D eigenvalue weighted by Crippen LogP contribution is 2.20. The van der Waals surface area contributed by atoms with Crippen LogP contribution in [0, 0.1) is 6.92 Å². The Morgan fingerprint density at radius 2 is 2.42 bits per heavy atom. The monoisotopic (exact) mass is 263 g/mol. The third kappa shape index (κ3) is 3.44. The molecule has 0 bridgehead atoms. The van der Waals surface area contributed by atoms with Crippen molar-refractivity contribution in [3.8, 4) is 0 Å². The molecule has 1 aliphatic rings. The maximum absolute atomic E-state index is 11.2. The number of aromatic nitrogens is 1. The maximum Gasteiger partial charge on any atom is 0.339 e. The Kier molecular flexibility index (Phi) is 4.37. The molecule has 1 saturated heterocycles. The minimum absolute atomic E-state index is 0.249. The maximum atomic E-state index is 11.2. The number of carboxylic acid groups (broad SMARTS) is 1. The van der Waals surface area contributed by atoms with Gasteiger partial charge in [0.25, 0.3) is 0 Å². The normalized spacial score (nSPS) is 20.2. The van der Waals surface area contributed by atoms with E-state index in [9.17, 15) is 9.90 Å². The number of rotatable bonds is 4. The number of nitrogens with one attached hydrogen (secondary N) is 1. The highest BCUT2D eigenvalue weighted by molar-refractivity contribution is 5.93. The zero-order valence-corrected chi connectivity index (χ0v) is 11.5. The van der Waals surface area contributed by atoms with Gasteiger partial charge in [-0.3, -0.25) is 4.98 Å². The lowest BCUT2D eigenvalue weighted by molar-refractivity contribution is 0.0697. The molecule has 0 radical (unpaired) electrons. The molecule has 5 heteroatoms. The van der Waals surface area contributed by atoms with E-state index >= 15 is 0 Å². The summed E-state index contributed by atoms with van der Waals surface area (Å²) in [6.07, 6.45) is 3.66. The van der Waals surface area contributed by atoms with Crippen LogP contribution in [-0.4, -0.2) is 46.6 Å². The first-order valence-electron chi connectivity index (χ1n) is 6.79. The van der Waals surface area contributed by atoms with Crippen LogP contribution in [0.2, 0.25) is 0 Å². The number of likely N-dealkylation sites (tertiary alicyclic amines) is 1. The van der Waals surface area contributed by atoms with Crippen LogP contribution in [0.15, 0.2) is 12.3 Å². The third-order valence-electron chi connectivity index (χ3n) is 3.58. The average Bonchev–Trinajstić information content (AvgIpc) is 2.38. The largest absolute Gasteiger partial charge is 0.478 e. The van der Waals surface area contributed by atoms with Gasteiger partial charge < -0.3 is 15.3 Å². The van der Waals surface area contributed by atoms with Crippen LogP contribution in [0.3, 0.4) is 0 Å². The molecular formula is C14H21N3O2. The van der Waals surface area contributed by atoms with Gasteiger partial charge in [-0.05, 0) is 38.9 Å². The topological polar surface area (TPSA) is 65.5 Å². The average molecular weight is 263 g/mol. The van der Waals surface area contributed by atoms with Crippen LogP contribution in [0.25, 0.3) is 0 Å². The van der Waals surface area contributed by atoms with Crippen molar-refractivity contribution in [2.24, 2.45) is 0 Å². The van der Waals surface area contributed by atoms with Gasteiger partial charge in [0.2, 0.25) is 0 Å². The second-order valence-electron chi connectivity index (χ2n) is 5.05. The zero-order chi connectivity index (χ0) is 13.8. The molecule has 1 aromatic rings. The van der Waals surface area contributed by atoms with Crippen LogP contribution < -0.4 is 5.32 Å². The smallest absolute Gasteiger partial charge is 0.339 e. The second-order valence-corrected chi connectivity index (χ2v) is 5.05. The number of nitrogens with zero attached hydrogens (tertiary/aromatic N) is 2. The van der Waals surface area contributed by atoms with E-state index in [0.29, 0.717) is 11.7 Å². The lowest BCUT2D eigenvalue weighted by Crippen LogP contribution is -2.42. The quantitative estimate of drug-likeness (QED) is 0.869. The number of piperidine rings is 1. The van der Waals surface area contributed by atoms with Gasteiger partial charge in [0.1, 0.15) is 5.56 Å². The van der Waals surface area contributed by atoms with Crippen LogP contribution in [0.4, 0.5) is 5.69 Å². The number of pyridine rings is 1. The molecule has 1 aliphatic heterocycles. The van der Waals surface area contributed by atoms with Gasteiger partial charge in [0.15, 0.2) is 0 Å². The van der Waals surface area contributed by atoms with Crippen LogP contribution in [-0.2, 0) is 0 Å². The molecule has 1 unspecified atom stereocenters. The van der Waals surface area contributed by atoms with E-state index in [2.05, 4.69) is 22.1 Å². The van der Waals surface area contributed by atoms with E-state index < -0.39 is 5.97 Å². The predicted octanol–water partition coefficient (Wildman–Crippen LogP) is 1.98. The molecule has 2 rings (SSSR count). The van der Waals surface area contributed by atoms with Crippen molar-refractivity contribution in [3.05, 3.63) is 23.5 Å². The first-order chi connectivity index (χ1) is 9.10. The van der Waals surface area contributed by atoms with E-state index in [0.717, 1.165) is 38.2 Å². The number of anilines is 1. The number of aromatic carboxylic acids is 1. The van der Waals surface area contributed by atoms with Crippen molar-refractivity contribution in [3.63, 3.8) is 0 Å². The molecule has 5 nitrogen and oxygen atoms in total. The SMILES string of the molecule is CCN1CCCC(Nc2cc(C)ncc2C(=O)O)C1. The van der Waals surface area contributed by atoms with Gasteiger partial charge in [0, 0.05) is 24.5 Å². The summed E-state index contributed by atoms with van der Waals surface area (Å²) >= 11 is 0. The zero-order valence-electron chi connectivity index (χ0n) is 11.5. The summed E-state index contributed by atoms with van der Waals surface area (Å²) in [6.45, 7) is 7.17. The summed E-state index contributed by atoms with van der Waals surface area (Å²) in [5.41, 5.74) is 1.76. The Morgan fingerprint density at radius 3 is 3.11 bits per heavy atom. The highest BCUT2D eigenvalue weighted by atomic mass is 16.4. The molecule has 19 heavy (non-hydrogen) atoms. The summed E-state index contributed by atoms with van der Waals surface area (Å²) in [4.78, 5) is 17.6. The molecule has 0 aliphatic carbocycles. The van der Waals surface area contributed by atoms with E-state index in [-0.39, 0.29) is 5.56 Å². The van der Waals surface area contributed by atoms with Crippen molar-refractivity contribution < 1.29 is 9.90 Å². The molecule has 0 saturated carbocycles. The molecule has 2 N–H and O–H groups in total. The number of carbonyl (C=O) groups is 1. The van der Waals surface area contributed by atoms with E-state index in [4.69, 9.17) is 0 Å². The number of hydrogen-bond acceptors (Lipinski definition) is 4. The molecule has 1 atom stereocenters. The Bertz CT molecular complexity index is 462. The Labute approximate surface area is 113 Å². The minimum Gasteiger partial charge on any atom is -0.478 e. The van der Waals surface area contributed by atoms with Gasteiger partial charge in [0.05, 0.1) is 5.69 Å². The Morgan fingerprint density at radius 1 is 1.63 bits per heavy atom. The first-order valence-corrected chi connectivity index (χ1v) is 6.79. The van der Waals surface area contributed by atoms with Crippen LogP contribution in [0.1, 0.15) is 35.8 Å². The van der Waals surface area contributed by atoms with E-state index in [1.165, 1.54) is 6.20 Å². The third-order valence-corrected chi connectivity index (χ3v) is 3.58. The fourth-order valence-corrected chi connectivity index (χ4v) is 2.53. The fraction of sp³-hybridized carbons (Fsp3) is 0.571. The standard InChI is InChI=1S/C14H21N3O2/c1-3-17-6-4-5-11(9-17)16-13-7-10(2)15-8-12(13)14(18)19/h7-8,11H,3-6,9H2,1-2H3,(H,15,16)(H,18,19). The van der Waals surface area contributed by atoms with Crippen molar-refractivity contribution in [1.82, 2.24) is 9.88 Å². The van der Waals surface area contributed by atoms with Crippen molar-refractivity contribution in [1.29, 1.82) is 0 Å². The fourth-order valence-electron chi connectivity index (χ4n) is 2.53. The first kappa shape index (κ1) is 13.8. The van der Waals surface area contributed by atoms with Crippen molar-refractivity contribution >= 4 is 11.7 Å². The lowest BCUT2D eigenvalue weighted by atomic mass is 10.0. The molecule has 2 heterocycles. The summed E-state index contributed by atoms with van der Waals surface area (Å²) in [5.74, 6) is -0.932. The summed E-state index contributed by atoms with van der Waals surface area (Å²) in [7, 11) is 0. The molecule has 104 valence electrons. The summed E-state index contributed by atoms with van der Waals surface area (Å²) < 4.78 is 0. The number of aryl methyl sites for hydroxylation is 1. The van der Waals surface area contributed by atoms with Crippen LogP contribution in [0.5, 0.6) is 0 Å². The highest BCUT2D eigenvalue weighted by Gasteiger charge is 2.20. The number of hydrogen-bond donors (Lipinski definition) is 2. The lowest BCUT2D eigenvalue weighted by Gasteiger charge is -2.33. The molecule has 0 spiro atoms. The van der Waals surface area contributed by atoms with E-state index in [1.54, 1.807) is 0 Å². The van der Waals surface area contributed by atoms with Crippen molar-refractivity contribution in [2.75, 3.05) is 25.0 Å².